The molecule has 2 N–H and O–H groups in total. The second-order valence-corrected chi connectivity index (χ2v) is 5.31. The molecule has 1 heterocycles. The maximum atomic E-state index is 14.0. The summed E-state index contributed by atoms with van der Waals surface area (Å²) >= 11 is 5.50. The molecule has 0 fully saturated rings. The van der Waals surface area contributed by atoms with Crippen molar-refractivity contribution in [3.63, 3.8) is 0 Å². The lowest BCUT2D eigenvalue weighted by molar-refractivity contribution is 0.211. The zero-order chi connectivity index (χ0) is 16.1. The largest absolute Gasteiger partial charge is 0.486 e. The number of anilines is 1. The number of hydrogen-bond acceptors (Lipinski definition) is 4. The van der Waals surface area contributed by atoms with Crippen LogP contribution in [0.25, 0.3) is 0 Å². The van der Waals surface area contributed by atoms with Gasteiger partial charge in [-0.25, -0.2) is 4.39 Å². The summed E-state index contributed by atoms with van der Waals surface area (Å²) < 4.78 is 21.2. The van der Waals surface area contributed by atoms with Gasteiger partial charge in [-0.3, -0.25) is 4.68 Å². The normalized spacial score (nSPS) is 12.2. The van der Waals surface area contributed by atoms with Crippen LogP contribution in [0.3, 0.4) is 0 Å². The average Bonchev–Trinajstić information content (AvgIpc) is 2.83. The Morgan fingerprint density at radius 1 is 1.50 bits per heavy atom. The molecule has 1 unspecified atom stereocenters. The minimum Gasteiger partial charge on any atom is -0.486 e. The monoisotopic (exact) mass is 327 g/mol. The predicted molar refractivity (Wildman–Crippen MR) is 83.9 cm³/mol. The third kappa shape index (κ3) is 4.11. The summed E-state index contributed by atoms with van der Waals surface area (Å²) in [7, 11) is 1.84. The third-order valence-electron chi connectivity index (χ3n) is 3.37. The molecule has 7 heteroatoms. The van der Waals surface area contributed by atoms with E-state index in [1.807, 2.05) is 14.0 Å². The van der Waals surface area contributed by atoms with Crippen molar-refractivity contribution in [2.24, 2.45) is 7.05 Å². The van der Waals surface area contributed by atoms with Gasteiger partial charge in [0.2, 0.25) is 0 Å². The van der Waals surface area contributed by atoms with E-state index in [2.05, 4.69) is 10.4 Å². The van der Waals surface area contributed by atoms with Crippen LogP contribution >= 0.6 is 11.6 Å². The van der Waals surface area contributed by atoms with E-state index in [1.165, 1.54) is 6.07 Å². The highest BCUT2D eigenvalue weighted by atomic mass is 35.5. The molecule has 0 aliphatic carbocycles. The standard InChI is InChI=1S/C15H19ClFN3O2/c1-10-11(7-19-20(10)2)9-22-15-4-3-12(5-14(15)17)18-8-13(21)6-16/h3-5,7,13,18,21H,6,8-9H2,1-2H3. The number of rotatable bonds is 7. The molecule has 0 saturated carbocycles. The van der Waals surface area contributed by atoms with Crippen molar-refractivity contribution in [1.29, 1.82) is 0 Å². The number of aliphatic hydroxyl groups excluding tert-OH is 1. The second kappa shape index (κ2) is 7.47. The summed E-state index contributed by atoms with van der Waals surface area (Å²) in [5.41, 5.74) is 2.45. The van der Waals surface area contributed by atoms with Gasteiger partial charge in [0.1, 0.15) is 6.61 Å². The van der Waals surface area contributed by atoms with Crippen molar-refractivity contribution in [2.45, 2.75) is 19.6 Å². The van der Waals surface area contributed by atoms with Crippen LogP contribution in [-0.4, -0.2) is 33.4 Å². The van der Waals surface area contributed by atoms with Gasteiger partial charge >= 0.3 is 0 Å². The van der Waals surface area contributed by atoms with Crippen molar-refractivity contribution < 1.29 is 14.2 Å². The van der Waals surface area contributed by atoms with E-state index in [4.69, 9.17) is 16.3 Å². The highest BCUT2D eigenvalue weighted by Gasteiger charge is 2.09. The van der Waals surface area contributed by atoms with Crippen LogP contribution in [0.5, 0.6) is 5.75 Å². The lowest BCUT2D eigenvalue weighted by atomic mass is 10.2. The van der Waals surface area contributed by atoms with Gasteiger partial charge in [0, 0.05) is 36.6 Å². The Labute approximate surface area is 133 Å². The Balaban J connectivity index is 1.96. The van der Waals surface area contributed by atoms with Crippen LogP contribution in [0.2, 0.25) is 0 Å². The number of benzene rings is 1. The number of alkyl halides is 1. The van der Waals surface area contributed by atoms with Gasteiger partial charge in [-0.05, 0) is 19.1 Å². The Hall–Kier alpha value is -1.79. The topological polar surface area (TPSA) is 59.3 Å². The molecule has 1 aromatic carbocycles. The Kier molecular flexibility index (Phi) is 5.63. The molecule has 22 heavy (non-hydrogen) atoms. The van der Waals surface area contributed by atoms with Gasteiger partial charge in [-0.2, -0.15) is 5.10 Å². The number of nitrogens with zero attached hydrogens (tertiary/aromatic N) is 2. The second-order valence-electron chi connectivity index (χ2n) is 5.00. The van der Waals surface area contributed by atoms with E-state index in [-0.39, 0.29) is 24.8 Å². The first-order valence-electron chi connectivity index (χ1n) is 6.89. The third-order valence-corrected chi connectivity index (χ3v) is 3.73. The zero-order valence-corrected chi connectivity index (χ0v) is 13.3. The highest BCUT2D eigenvalue weighted by Crippen LogP contribution is 2.22. The van der Waals surface area contributed by atoms with Crippen molar-refractivity contribution in [1.82, 2.24) is 9.78 Å². The summed E-state index contributed by atoms with van der Waals surface area (Å²) in [4.78, 5) is 0. The lowest BCUT2D eigenvalue weighted by Crippen LogP contribution is -2.20. The highest BCUT2D eigenvalue weighted by molar-refractivity contribution is 6.18. The van der Waals surface area contributed by atoms with E-state index in [0.717, 1.165) is 11.3 Å². The molecule has 1 atom stereocenters. The molecule has 120 valence electrons. The van der Waals surface area contributed by atoms with E-state index in [0.29, 0.717) is 5.69 Å². The SMILES string of the molecule is Cc1c(COc2ccc(NCC(O)CCl)cc2F)cnn1C. The maximum Gasteiger partial charge on any atom is 0.167 e. The van der Waals surface area contributed by atoms with Crippen LogP contribution < -0.4 is 10.1 Å². The smallest absolute Gasteiger partial charge is 0.167 e. The van der Waals surface area contributed by atoms with Gasteiger partial charge in [-0.15, -0.1) is 11.6 Å². The summed E-state index contributed by atoms with van der Waals surface area (Å²) in [5.74, 6) is -0.167. The molecule has 0 amide bonds. The van der Waals surface area contributed by atoms with Crippen LogP contribution in [0.1, 0.15) is 11.3 Å². The molecule has 0 radical (unpaired) electrons. The molecule has 2 aromatic rings. The van der Waals surface area contributed by atoms with Gasteiger partial charge in [-0.1, -0.05) is 0 Å². The Morgan fingerprint density at radius 2 is 2.27 bits per heavy atom. The number of halogens is 2. The first-order valence-corrected chi connectivity index (χ1v) is 7.42. The Bertz CT molecular complexity index is 633. The lowest BCUT2D eigenvalue weighted by Gasteiger charge is -2.12. The molecule has 5 nitrogen and oxygen atoms in total. The van der Waals surface area contributed by atoms with Crippen molar-refractivity contribution in [2.75, 3.05) is 17.7 Å². The Morgan fingerprint density at radius 3 is 2.86 bits per heavy atom. The van der Waals surface area contributed by atoms with Crippen LogP contribution in [0.15, 0.2) is 24.4 Å². The fourth-order valence-corrected chi connectivity index (χ4v) is 1.97. The zero-order valence-electron chi connectivity index (χ0n) is 12.5. The number of nitrogens with one attached hydrogen (secondary N) is 1. The molecule has 0 spiro atoms. The van der Waals surface area contributed by atoms with Crippen LogP contribution in [-0.2, 0) is 13.7 Å². The van der Waals surface area contributed by atoms with Crippen LogP contribution in [0.4, 0.5) is 10.1 Å². The number of ether oxygens (including phenoxy) is 1. The first-order chi connectivity index (χ1) is 10.5. The molecule has 0 aliphatic rings. The summed E-state index contributed by atoms with van der Waals surface area (Å²) in [6, 6.07) is 4.57. The first kappa shape index (κ1) is 16.6. The van der Waals surface area contributed by atoms with E-state index in [9.17, 15) is 9.50 Å². The molecular formula is C15H19ClFN3O2. The maximum absolute atomic E-state index is 14.0. The summed E-state index contributed by atoms with van der Waals surface area (Å²) in [5, 5.41) is 16.4. The number of aliphatic hydroxyl groups is 1. The predicted octanol–water partition coefficient (Wildman–Crippen LogP) is 2.46. The fraction of sp³-hybridized carbons (Fsp3) is 0.400. The van der Waals surface area contributed by atoms with Gasteiger partial charge < -0.3 is 15.2 Å². The van der Waals surface area contributed by atoms with E-state index >= 15 is 0 Å². The van der Waals surface area contributed by atoms with Gasteiger partial charge in [0.05, 0.1) is 18.2 Å². The van der Waals surface area contributed by atoms with Gasteiger partial charge in [0.25, 0.3) is 0 Å². The fourth-order valence-electron chi connectivity index (χ4n) is 1.86. The van der Waals surface area contributed by atoms with Crippen molar-refractivity contribution in [3.8, 4) is 5.75 Å². The van der Waals surface area contributed by atoms with Crippen LogP contribution in [0, 0.1) is 12.7 Å². The van der Waals surface area contributed by atoms with Crippen molar-refractivity contribution in [3.05, 3.63) is 41.5 Å². The average molecular weight is 328 g/mol. The molecular weight excluding hydrogens is 309 g/mol. The molecule has 0 bridgehead atoms. The molecule has 0 aliphatic heterocycles. The van der Waals surface area contributed by atoms with Gasteiger partial charge in [0.15, 0.2) is 11.6 Å². The summed E-state index contributed by atoms with van der Waals surface area (Å²) in [6.45, 7) is 2.45. The number of aryl methyl sites for hydroxylation is 1. The quantitative estimate of drug-likeness (QED) is 0.767. The molecule has 2 rings (SSSR count). The van der Waals surface area contributed by atoms with Crippen molar-refractivity contribution >= 4 is 17.3 Å². The van der Waals surface area contributed by atoms with E-state index < -0.39 is 11.9 Å². The van der Waals surface area contributed by atoms with E-state index in [1.54, 1.807) is 23.0 Å². The minimum absolute atomic E-state index is 0.126. The molecule has 1 aromatic heterocycles. The summed E-state index contributed by atoms with van der Waals surface area (Å²) in [6.07, 6.45) is 1.03. The number of aromatic nitrogens is 2. The number of hydrogen-bond donors (Lipinski definition) is 2. The minimum atomic E-state index is -0.672. The molecule has 0 saturated heterocycles.